The fraction of sp³-hybridized carbons (Fsp3) is 0.731. The third-order valence-corrected chi connectivity index (χ3v) is 8.57. The summed E-state index contributed by atoms with van der Waals surface area (Å²) in [5.74, 6) is -2.07. The van der Waals surface area contributed by atoms with Crippen LogP contribution in [0.3, 0.4) is 0 Å². The van der Waals surface area contributed by atoms with E-state index in [-0.39, 0.29) is 18.5 Å². The highest BCUT2D eigenvalue weighted by Crippen LogP contribution is 2.38. The van der Waals surface area contributed by atoms with Gasteiger partial charge in [0.1, 0.15) is 6.04 Å². The molecule has 5 rings (SSSR count). The summed E-state index contributed by atoms with van der Waals surface area (Å²) < 4.78 is 30.2. The molecule has 4 fully saturated rings. The number of nitrogens with one attached hydrogen (secondary N) is 1. The van der Waals surface area contributed by atoms with Gasteiger partial charge in [0.05, 0.1) is 0 Å². The fourth-order valence-corrected chi connectivity index (χ4v) is 6.56. The van der Waals surface area contributed by atoms with Crippen molar-refractivity contribution >= 4 is 11.7 Å². The van der Waals surface area contributed by atoms with Crippen LogP contribution in [0.25, 0.3) is 0 Å². The van der Waals surface area contributed by atoms with Crippen molar-refractivity contribution in [1.29, 1.82) is 0 Å². The largest absolute Gasteiger partial charge is 0.371 e. The Morgan fingerprint density at radius 2 is 1.65 bits per heavy atom. The summed E-state index contributed by atoms with van der Waals surface area (Å²) in [7, 11) is 0. The Morgan fingerprint density at radius 3 is 2.26 bits per heavy atom. The van der Waals surface area contributed by atoms with E-state index in [1.54, 1.807) is 4.90 Å². The third kappa shape index (κ3) is 4.76. The van der Waals surface area contributed by atoms with Crippen molar-refractivity contribution in [2.45, 2.75) is 57.2 Å². The van der Waals surface area contributed by atoms with Crippen molar-refractivity contribution in [3.63, 3.8) is 0 Å². The first-order chi connectivity index (χ1) is 16.3. The molecule has 1 N–H and O–H groups in total. The average Bonchev–Trinajstić information content (AvgIpc) is 3.40. The molecule has 0 spiro atoms. The highest BCUT2D eigenvalue weighted by atomic mass is 19.3. The van der Waals surface area contributed by atoms with Crippen molar-refractivity contribution < 1.29 is 13.6 Å². The standard InChI is InChI=1S/C26H39F2N5O/c1-19(2)30-11-13-31(14-12-30)23-9-6-10-26(27,28)24(23)29-25(34)33-17-20-15-32(16-21(20)18-33)22-7-4-3-5-8-22/h3-5,7-8,19-21,23-24H,6,9-18H2,1-2H3,(H,29,34)/t20-,21+,23-,24+/m0/s1. The zero-order valence-corrected chi connectivity index (χ0v) is 20.5. The van der Waals surface area contributed by atoms with Crippen LogP contribution in [0, 0.1) is 11.8 Å². The van der Waals surface area contributed by atoms with Gasteiger partial charge >= 0.3 is 6.03 Å². The van der Waals surface area contributed by atoms with Crippen molar-refractivity contribution in [3.05, 3.63) is 30.3 Å². The molecule has 1 aliphatic carbocycles. The Hall–Kier alpha value is -1.93. The minimum Gasteiger partial charge on any atom is -0.371 e. The molecule has 0 aromatic heterocycles. The quantitative estimate of drug-likeness (QED) is 0.725. The summed E-state index contributed by atoms with van der Waals surface area (Å²) in [5.41, 5.74) is 1.22. The highest BCUT2D eigenvalue weighted by Gasteiger charge is 2.51. The maximum Gasteiger partial charge on any atom is 0.317 e. The summed E-state index contributed by atoms with van der Waals surface area (Å²) >= 11 is 0. The van der Waals surface area contributed by atoms with E-state index in [4.69, 9.17) is 0 Å². The number of alkyl halides is 2. The Kier molecular flexibility index (Phi) is 6.73. The van der Waals surface area contributed by atoms with Crippen LogP contribution in [0.1, 0.15) is 33.1 Å². The second kappa shape index (κ2) is 9.61. The van der Waals surface area contributed by atoms with Gasteiger partial charge < -0.3 is 15.1 Å². The van der Waals surface area contributed by atoms with Gasteiger partial charge in [0.25, 0.3) is 5.92 Å². The van der Waals surface area contributed by atoms with Crippen molar-refractivity contribution in [2.24, 2.45) is 11.8 Å². The lowest BCUT2D eigenvalue weighted by Gasteiger charge is -2.47. The lowest BCUT2D eigenvalue weighted by atomic mass is 9.85. The monoisotopic (exact) mass is 475 g/mol. The number of fused-ring (bicyclic) bond motifs is 1. The first-order valence-corrected chi connectivity index (χ1v) is 13.0. The number of halogens is 2. The summed E-state index contributed by atoms with van der Waals surface area (Å²) in [6.45, 7) is 10.9. The number of rotatable bonds is 4. The SMILES string of the molecule is CC(C)N1CCN([C@H]2CCCC(F)(F)[C@@H]2NC(=O)N2C[C@@H]3CN(c4ccccc4)C[C@@H]3C2)CC1. The van der Waals surface area contributed by atoms with Crippen LogP contribution >= 0.6 is 0 Å². The van der Waals surface area contributed by atoms with E-state index in [9.17, 15) is 4.79 Å². The number of nitrogens with zero attached hydrogens (tertiary/aromatic N) is 4. The molecule has 2 amide bonds. The van der Waals surface area contributed by atoms with E-state index in [2.05, 4.69) is 46.0 Å². The van der Waals surface area contributed by atoms with E-state index in [1.165, 1.54) is 5.69 Å². The zero-order valence-electron chi connectivity index (χ0n) is 20.5. The molecule has 0 radical (unpaired) electrons. The van der Waals surface area contributed by atoms with Crippen LogP contribution in [-0.2, 0) is 0 Å². The molecule has 34 heavy (non-hydrogen) atoms. The number of hydrogen-bond acceptors (Lipinski definition) is 4. The molecule has 0 bridgehead atoms. The number of carbonyl (C=O) groups excluding carboxylic acids is 1. The number of benzene rings is 1. The molecule has 1 aromatic rings. The van der Waals surface area contributed by atoms with Crippen LogP contribution < -0.4 is 10.2 Å². The van der Waals surface area contributed by atoms with Gasteiger partial charge in [0.15, 0.2) is 0 Å². The molecule has 3 saturated heterocycles. The second-order valence-corrected chi connectivity index (χ2v) is 11.0. The molecule has 8 heteroatoms. The lowest BCUT2D eigenvalue weighted by molar-refractivity contribution is -0.0971. The molecule has 1 saturated carbocycles. The summed E-state index contributed by atoms with van der Waals surface area (Å²) in [5, 5.41) is 2.83. The van der Waals surface area contributed by atoms with Crippen LogP contribution in [0.2, 0.25) is 0 Å². The van der Waals surface area contributed by atoms with Crippen molar-refractivity contribution in [2.75, 3.05) is 57.3 Å². The van der Waals surface area contributed by atoms with Crippen LogP contribution in [0.4, 0.5) is 19.3 Å². The number of amides is 2. The summed E-state index contributed by atoms with van der Waals surface area (Å²) in [4.78, 5) is 22.0. The van der Waals surface area contributed by atoms with Gasteiger partial charge in [-0.25, -0.2) is 13.6 Å². The molecule has 3 aliphatic heterocycles. The Labute approximate surface area is 202 Å². The van der Waals surface area contributed by atoms with E-state index >= 15 is 8.78 Å². The summed E-state index contributed by atoms with van der Waals surface area (Å²) in [6.07, 6.45) is 1.09. The number of hydrogen-bond donors (Lipinski definition) is 1. The first kappa shape index (κ1) is 23.8. The Morgan fingerprint density at radius 1 is 1.00 bits per heavy atom. The highest BCUT2D eigenvalue weighted by molar-refractivity contribution is 5.75. The number of likely N-dealkylation sites (tertiary alicyclic amines) is 1. The van der Waals surface area contributed by atoms with Gasteiger partial charge in [-0.3, -0.25) is 9.80 Å². The molecule has 1 aromatic carbocycles. The smallest absolute Gasteiger partial charge is 0.317 e. The Bertz CT molecular complexity index is 831. The molecule has 4 aliphatic rings. The molecular weight excluding hydrogens is 436 g/mol. The number of para-hydroxylation sites is 1. The Balaban J connectivity index is 1.20. The maximum absolute atomic E-state index is 15.1. The van der Waals surface area contributed by atoms with Gasteiger partial charge in [-0.1, -0.05) is 18.2 Å². The van der Waals surface area contributed by atoms with Crippen LogP contribution in [-0.4, -0.2) is 97.1 Å². The number of anilines is 1. The van der Waals surface area contributed by atoms with E-state index in [0.29, 0.717) is 37.4 Å². The normalized spacial score (nSPS) is 32.3. The molecule has 3 heterocycles. The van der Waals surface area contributed by atoms with Crippen molar-refractivity contribution in [3.8, 4) is 0 Å². The van der Waals surface area contributed by atoms with Gasteiger partial charge in [0.2, 0.25) is 0 Å². The fourth-order valence-electron chi connectivity index (χ4n) is 6.56. The minimum atomic E-state index is -2.87. The van der Waals surface area contributed by atoms with Gasteiger partial charge in [-0.15, -0.1) is 0 Å². The van der Waals surface area contributed by atoms with Crippen molar-refractivity contribution in [1.82, 2.24) is 20.0 Å². The number of piperazine rings is 1. The number of carbonyl (C=O) groups is 1. The topological polar surface area (TPSA) is 42.1 Å². The van der Waals surface area contributed by atoms with Gasteiger partial charge in [-0.2, -0.15) is 0 Å². The van der Waals surface area contributed by atoms with Crippen LogP contribution in [0.15, 0.2) is 30.3 Å². The maximum atomic E-state index is 15.1. The molecule has 6 nitrogen and oxygen atoms in total. The van der Waals surface area contributed by atoms with Gasteiger partial charge in [-0.05, 0) is 38.8 Å². The van der Waals surface area contributed by atoms with E-state index in [0.717, 1.165) is 45.7 Å². The second-order valence-electron chi connectivity index (χ2n) is 11.0. The van der Waals surface area contributed by atoms with Crippen LogP contribution in [0.5, 0.6) is 0 Å². The molecule has 4 atom stereocenters. The van der Waals surface area contributed by atoms with E-state index < -0.39 is 12.0 Å². The van der Waals surface area contributed by atoms with Gasteiger partial charge in [0, 0.05) is 88.4 Å². The third-order valence-electron chi connectivity index (χ3n) is 8.57. The average molecular weight is 476 g/mol. The predicted octanol–water partition coefficient (Wildman–Crippen LogP) is 3.35. The predicted molar refractivity (Wildman–Crippen MR) is 130 cm³/mol. The summed E-state index contributed by atoms with van der Waals surface area (Å²) in [6, 6.07) is 9.12. The first-order valence-electron chi connectivity index (χ1n) is 13.0. The number of urea groups is 1. The molecule has 0 unspecified atom stereocenters. The minimum absolute atomic E-state index is 0.141. The van der Waals surface area contributed by atoms with E-state index in [1.807, 2.05) is 18.2 Å². The molecule has 188 valence electrons. The molecular formula is C26H39F2N5O. The zero-order chi connectivity index (χ0) is 23.9. The lowest BCUT2D eigenvalue weighted by Crippen LogP contribution is -2.65.